The van der Waals surface area contributed by atoms with Gasteiger partial charge < -0.3 is 10.6 Å². The molecule has 0 aliphatic rings. The average molecular weight is 262 g/mol. The van der Waals surface area contributed by atoms with Crippen molar-refractivity contribution in [1.29, 1.82) is 0 Å². The number of amides is 1. The largest absolute Gasteiger partial charge is 0.380 e. The lowest BCUT2D eigenvalue weighted by atomic mass is 10.0. The number of hydrogen-bond donors (Lipinski definition) is 2. The van der Waals surface area contributed by atoms with Crippen LogP contribution in [0.1, 0.15) is 34.1 Å². The molecule has 0 saturated carbocycles. The van der Waals surface area contributed by atoms with Gasteiger partial charge in [0.15, 0.2) is 0 Å². The molecule has 3 heteroatoms. The fraction of sp³-hybridized carbons (Fsp3) is 0.562. The predicted octanol–water partition coefficient (Wildman–Crippen LogP) is 3.29. The summed E-state index contributed by atoms with van der Waals surface area (Å²) in [7, 11) is 0. The molecule has 0 fully saturated rings. The van der Waals surface area contributed by atoms with E-state index in [1.165, 1.54) is 0 Å². The Balaban J connectivity index is 2.52. The van der Waals surface area contributed by atoms with Crippen LogP contribution < -0.4 is 10.6 Å². The third kappa shape index (κ3) is 5.33. The van der Waals surface area contributed by atoms with Crippen LogP contribution in [-0.4, -0.2) is 18.5 Å². The molecule has 0 saturated heterocycles. The molecular weight excluding hydrogens is 236 g/mol. The molecule has 106 valence electrons. The van der Waals surface area contributed by atoms with Gasteiger partial charge in [-0.3, -0.25) is 4.79 Å². The van der Waals surface area contributed by atoms with Gasteiger partial charge in [-0.15, -0.1) is 0 Å². The van der Waals surface area contributed by atoms with Gasteiger partial charge >= 0.3 is 0 Å². The second-order valence-electron chi connectivity index (χ2n) is 5.42. The molecule has 1 rings (SSSR count). The summed E-state index contributed by atoms with van der Waals surface area (Å²) in [5.41, 5.74) is 1.10. The molecule has 1 amide bonds. The van der Waals surface area contributed by atoms with E-state index in [1.54, 1.807) is 0 Å². The van der Waals surface area contributed by atoms with E-state index in [0.29, 0.717) is 12.5 Å². The van der Waals surface area contributed by atoms with E-state index in [9.17, 15) is 4.79 Å². The molecule has 0 aliphatic heterocycles. The first-order valence-electron chi connectivity index (χ1n) is 7.13. The number of anilines is 1. The third-order valence-corrected chi connectivity index (χ3v) is 3.49. The SMILES string of the molecule is CCC(C)C(=O)NCC(Nc1ccccc1)C(C)C. The molecule has 1 aromatic rings. The number of carbonyl (C=O) groups excluding carboxylic acids is 1. The minimum atomic E-state index is 0.0875. The van der Waals surface area contributed by atoms with E-state index in [2.05, 4.69) is 24.5 Å². The number of carbonyl (C=O) groups is 1. The molecule has 19 heavy (non-hydrogen) atoms. The van der Waals surface area contributed by atoms with Gasteiger partial charge in [0.25, 0.3) is 0 Å². The van der Waals surface area contributed by atoms with Gasteiger partial charge in [-0.25, -0.2) is 0 Å². The van der Waals surface area contributed by atoms with E-state index in [-0.39, 0.29) is 17.9 Å². The maximum absolute atomic E-state index is 11.8. The normalized spacial score (nSPS) is 13.9. The maximum Gasteiger partial charge on any atom is 0.222 e. The Hall–Kier alpha value is -1.51. The summed E-state index contributed by atoms with van der Waals surface area (Å²) in [6.07, 6.45) is 0.879. The number of para-hydroxylation sites is 1. The zero-order valence-electron chi connectivity index (χ0n) is 12.4. The standard InChI is InChI=1S/C16H26N2O/c1-5-13(4)16(19)17-11-15(12(2)3)18-14-9-7-6-8-10-14/h6-10,12-13,15,18H,5,11H2,1-4H3,(H,17,19). The molecule has 2 N–H and O–H groups in total. The molecule has 2 unspecified atom stereocenters. The van der Waals surface area contributed by atoms with Crippen LogP contribution in [0, 0.1) is 11.8 Å². The summed E-state index contributed by atoms with van der Waals surface area (Å²) in [6.45, 7) is 8.98. The van der Waals surface area contributed by atoms with E-state index in [0.717, 1.165) is 12.1 Å². The summed E-state index contributed by atoms with van der Waals surface area (Å²) in [5.74, 6) is 0.685. The van der Waals surface area contributed by atoms with Crippen molar-refractivity contribution >= 4 is 11.6 Å². The Morgan fingerprint density at radius 2 is 1.79 bits per heavy atom. The highest BCUT2D eigenvalue weighted by atomic mass is 16.1. The number of benzene rings is 1. The van der Waals surface area contributed by atoms with E-state index >= 15 is 0 Å². The zero-order chi connectivity index (χ0) is 14.3. The number of hydrogen-bond acceptors (Lipinski definition) is 2. The van der Waals surface area contributed by atoms with E-state index in [1.807, 2.05) is 44.2 Å². The molecular formula is C16H26N2O. The van der Waals surface area contributed by atoms with Gasteiger partial charge in [-0.2, -0.15) is 0 Å². The molecule has 0 spiro atoms. The topological polar surface area (TPSA) is 41.1 Å². The Labute approximate surface area is 116 Å². The first kappa shape index (κ1) is 15.5. The van der Waals surface area contributed by atoms with E-state index < -0.39 is 0 Å². The lowest BCUT2D eigenvalue weighted by Crippen LogP contribution is -2.41. The van der Waals surface area contributed by atoms with Crippen LogP contribution in [0.3, 0.4) is 0 Å². The minimum Gasteiger partial charge on any atom is -0.380 e. The van der Waals surface area contributed by atoms with Gasteiger partial charge in [-0.1, -0.05) is 45.9 Å². The molecule has 0 aliphatic carbocycles. The van der Waals surface area contributed by atoms with Gasteiger partial charge in [0.05, 0.1) is 0 Å². The first-order chi connectivity index (χ1) is 9.04. The van der Waals surface area contributed by atoms with Crippen molar-refractivity contribution in [2.75, 3.05) is 11.9 Å². The van der Waals surface area contributed by atoms with Crippen LogP contribution in [0.25, 0.3) is 0 Å². The van der Waals surface area contributed by atoms with Crippen LogP contribution in [0.2, 0.25) is 0 Å². The summed E-state index contributed by atoms with van der Waals surface area (Å²) >= 11 is 0. The van der Waals surface area contributed by atoms with Crippen LogP contribution >= 0.6 is 0 Å². The predicted molar refractivity (Wildman–Crippen MR) is 81.2 cm³/mol. The number of rotatable bonds is 7. The van der Waals surface area contributed by atoms with Crippen molar-refractivity contribution < 1.29 is 4.79 Å². The number of nitrogens with one attached hydrogen (secondary N) is 2. The van der Waals surface area contributed by atoms with Gasteiger partial charge in [0.1, 0.15) is 0 Å². The summed E-state index contributed by atoms with van der Waals surface area (Å²) in [5, 5.41) is 6.51. The maximum atomic E-state index is 11.8. The molecule has 3 nitrogen and oxygen atoms in total. The lowest BCUT2D eigenvalue weighted by Gasteiger charge is -2.24. The molecule has 2 atom stereocenters. The Morgan fingerprint density at radius 1 is 1.16 bits per heavy atom. The van der Waals surface area contributed by atoms with Gasteiger partial charge in [0.2, 0.25) is 5.91 Å². The molecule has 0 heterocycles. The van der Waals surface area contributed by atoms with Gasteiger partial charge in [0, 0.05) is 24.2 Å². The van der Waals surface area contributed by atoms with Crippen molar-refractivity contribution in [3.63, 3.8) is 0 Å². The molecule has 0 aromatic heterocycles. The van der Waals surface area contributed by atoms with Crippen molar-refractivity contribution in [3.05, 3.63) is 30.3 Å². The van der Waals surface area contributed by atoms with Crippen LogP contribution in [-0.2, 0) is 4.79 Å². The third-order valence-electron chi connectivity index (χ3n) is 3.49. The van der Waals surface area contributed by atoms with Crippen molar-refractivity contribution in [2.24, 2.45) is 11.8 Å². The summed E-state index contributed by atoms with van der Waals surface area (Å²) in [4.78, 5) is 11.8. The quantitative estimate of drug-likeness (QED) is 0.791. The Bertz CT molecular complexity index is 376. The van der Waals surface area contributed by atoms with E-state index in [4.69, 9.17) is 0 Å². The Kier molecular flexibility index (Phi) is 6.40. The van der Waals surface area contributed by atoms with Crippen LogP contribution in [0.5, 0.6) is 0 Å². The smallest absolute Gasteiger partial charge is 0.222 e. The van der Waals surface area contributed by atoms with Crippen LogP contribution in [0.15, 0.2) is 30.3 Å². The first-order valence-corrected chi connectivity index (χ1v) is 7.13. The van der Waals surface area contributed by atoms with Gasteiger partial charge in [-0.05, 0) is 24.5 Å². The monoisotopic (exact) mass is 262 g/mol. The Morgan fingerprint density at radius 3 is 2.32 bits per heavy atom. The zero-order valence-corrected chi connectivity index (χ0v) is 12.4. The van der Waals surface area contributed by atoms with Crippen molar-refractivity contribution in [1.82, 2.24) is 5.32 Å². The average Bonchev–Trinajstić information content (AvgIpc) is 2.42. The lowest BCUT2D eigenvalue weighted by molar-refractivity contribution is -0.124. The minimum absolute atomic E-state index is 0.0875. The summed E-state index contributed by atoms with van der Waals surface area (Å²) in [6, 6.07) is 10.4. The molecule has 0 bridgehead atoms. The fourth-order valence-corrected chi connectivity index (χ4v) is 1.77. The fourth-order valence-electron chi connectivity index (χ4n) is 1.77. The van der Waals surface area contributed by atoms with Crippen molar-refractivity contribution in [2.45, 2.75) is 40.2 Å². The highest BCUT2D eigenvalue weighted by Crippen LogP contribution is 2.12. The highest BCUT2D eigenvalue weighted by molar-refractivity contribution is 5.78. The molecule has 1 aromatic carbocycles. The highest BCUT2D eigenvalue weighted by Gasteiger charge is 2.16. The summed E-state index contributed by atoms with van der Waals surface area (Å²) < 4.78 is 0. The van der Waals surface area contributed by atoms with Crippen molar-refractivity contribution in [3.8, 4) is 0 Å². The molecule has 0 radical (unpaired) electrons. The van der Waals surface area contributed by atoms with Crippen LogP contribution in [0.4, 0.5) is 5.69 Å². The second kappa shape index (κ2) is 7.82. The second-order valence-corrected chi connectivity index (χ2v) is 5.42.